The zero-order valence-electron chi connectivity index (χ0n) is 24.7. The summed E-state index contributed by atoms with van der Waals surface area (Å²) in [6.45, 7) is 0. The zero-order chi connectivity index (χ0) is 32.7. The van der Waals surface area contributed by atoms with Crippen LogP contribution < -0.4 is 10.2 Å². The number of fused-ring (bicyclic) bond motifs is 4. The van der Waals surface area contributed by atoms with Crippen LogP contribution in [0.5, 0.6) is 11.5 Å². The van der Waals surface area contributed by atoms with Crippen molar-refractivity contribution >= 4 is 56.8 Å². The summed E-state index contributed by atoms with van der Waals surface area (Å²) in [5.41, 5.74) is 3.55. The summed E-state index contributed by atoms with van der Waals surface area (Å²) in [7, 11) is 2.88. The van der Waals surface area contributed by atoms with Gasteiger partial charge in [-0.25, -0.2) is 4.39 Å². The number of imide groups is 2. The Morgan fingerprint density at radius 1 is 1.00 bits per heavy atom. The number of carbonyl (C=O) groups is 4. The molecule has 0 spiro atoms. The summed E-state index contributed by atoms with van der Waals surface area (Å²) in [6.07, 6.45) is 2.36. The van der Waals surface area contributed by atoms with Gasteiger partial charge < -0.3 is 9.84 Å². The summed E-state index contributed by atoms with van der Waals surface area (Å²) in [6, 6.07) is 15.4. The number of nitrogens with one attached hydrogen (secondary N) is 1. The lowest BCUT2D eigenvalue weighted by Crippen LogP contribution is -2.53. The molecular weight excluding hydrogens is 681 g/mol. The highest BCUT2D eigenvalue weighted by Gasteiger charge is 2.70. The SMILES string of the molecule is COc1cc(C2C3=CCC4C(=O)N(C)C(=O)C4C3CC3C(=O)N(Nc4ccc(F)cc4)C(=O)C32c2ccc(Cl)cc2)cc(Br)c1O. The first kappa shape index (κ1) is 30.4. The second kappa shape index (κ2) is 10.9. The number of rotatable bonds is 5. The highest BCUT2D eigenvalue weighted by molar-refractivity contribution is 9.10. The van der Waals surface area contributed by atoms with Gasteiger partial charge in [0.25, 0.3) is 11.8 Å². The van der Waals surface area contributed by atoms with Gasteiger partial charge in [-0.1, -0.05) is 35.4 Å². The van der Waals surface area contributed by atoms with E-state index in [0.717, 1.165) is 15.5 Å². The van der Waals surface area contributed by atoms with Gasteiger partial charge in [-0.05, 0) is 94.3 Å². The molecule has 4 amide bonds. The molecule has 7 rings (SSSR count). The lowest BCUT2D eigenvalue weighted by molar-refractivity contribution is -0.140. The van der Waals surface area contributed by atoms with Crippen LogP contribution in [0.2, 0.25) is 5.02 Å². The number of carbonyl (C=O) groups excluding carboxylic acids is 4. The second-order valence-corrected chi connectivity index (χ2v) is 13.5. The summed E-state index contributed by atoms with van der Waals surface area (Å²) in [5.74, 6) is -5.73. The molecule has 4 aliphatic rings. The first-order valence-corrected chi connectivity index (χ1v) is 15.9. The van der Waals surface area contributed by atoms with Crippen molar-refractivity contribution in [2.75, 3.05) is 19.6 Å². The van der Waals surface area contributed by atoms with Gasteiger partial charge in [-0.2, -0.15) is 5.01 Å². The number of halogens is 3. The Balaban J connectivity index is 1.50. The molecule has 0 bridgehead atoms. The van der Waals surface area contributed by atoms with Gasteiger partial charge in [-0.3, -0.25) is 29.5 Å². The number of likely N-dealkylation sites (tertiary alicyclic amines) is 1. The summed E-state index contributed by atoms with van der Waals surface area (Å²) < 4.78 is 19.6. The van der Waals surface area contributed by atoms with Gasteiger partial charge in [0.15, 0.2) is 11.5 Å². The van der Waals surface area contributed by atoms with E-state index in [2.05, 4.69) is 21.4 Å². The summed E-state index contributed by atoms with van der Waals surface area (Å²) in [4.78, 5) is 57.5. The topological polar surface area (TPSA) is 116 Å². The van der Waals surface area contributed by atoms with Crippen molar-refractivity contribution in [3.8, 4) is 11.5 Å². The fraction of sp³-hybridized carbons (Fsp3) is 0.294. The minimum Gasteiger partial charge on any atom is -0.503 e. The summed E-state index contributed by atoms with van der Waals surface area (Å²) >= 11 is 9.74. The number of methoxy groups -OCH3 is 1. The van der Waals surface area contributed by atoms with Crippen molar-refractivity contribution in [1.82, 2.24) is 9.91 Å². The standard InChI is InChI=1S/C34H28BrClFN3O6/c1-39-30(42)22-12-11-21-23(27(22)32(39)44)15-24-31(43)40(38-20-9-7-19(37)8-10-20)33(45)34(24,17-3-5-18(36)6-4-17)28(21)16-13-25(35)29(41)26(14-16)46-2/h3-11,13-14,22-24,27-28,38,41H,12,15H2,1-2H3. The number of allylic oxidation sites excluding steroid dienone is 2. The molecule has 236 valence electrons. The third-order valence-electron chi connectivity index (χ3n) is 10.1. The number of phenols is 1. The molecule has 6 unspecified atom stereocenters. The van der Waals surface area contributed by atoms with E-state index in [9.17, 15) is 23.9 Å². The van der Waals surface area contributed by atoms with Gasteiger partial charge in [-0.15, -0.1) is 0 Å². The molecule has 2 aliphatic heterocycles. The molecule has 2 saturated heterocycles. The number of hydrogen-bond donors (Lipinski definition) is 2. The van der Waals surface area contributed by atoms with Crippen molar-refractivity contribution in [3.63, 3.8) is 0 Å². The van der Waals surface area contributed by atoms with Gasteiger partial charge in [0.1, 0.15) is 5.82 Å². The molecule has 3 aromatic rings. The number of hydrogen-bond acceptors (Lipinski definition) is 7. The van der Waals surface area contributed by atoms with Crippen LogP contribution in [0.25, 0.3) is 0 Å². The van der Waals surface area contributed by atoms with E-state index in [1.807, 2.05) is 6.08 Å². The Morgan fingerprint density at radius 2 is 1.70 bits per heavy atom. The Labute approximate surface area is 277 Å². The Bertz CT molecular complexity index is 1850. The highest BCUT2D eigenvalue weighted by Crippen LogP contribution is 2.64. The van der Waals surface area contributed by atoms with Crippen molar-refractivity contribution in [2.24, 2.45) is 23.7 Å². The van der Waals surface area contributed by atoms with Crippen molar-refractivity contribution < 1.29 is 33.4 Å². The lowest BCUT2D eigenvalue weighted by Gasteiger charge is -2.50. The van der Waals surface area contributed by atoms with E-state index in [0.29, 0.717) is 32.7 Å². The number of anilines is 1. The molecule has 9 nitrogen and oxygen atoms in total. The molecule has 0 radical (unpaired) electrons. The normalized spacial score (nSPS) is 28.5. The maximum absolute atomic E-state index is 15.1. The molecule has 2 aliphatic carbocycles. The Morgan fingerprint density at radius 3 is 2.37 bits per heavy atom. The molecule has 6 atom stereocenters. The van der Waals surface area contributed by atoms with Gasteiger partial charge in [0.05, 0.1) is 40.4 Å². The molecule has 1 saturated carbocycles. The molecule has 2 heterocycles. The van der Waals surface area contributed by atoms with E-state index in [4.69, 9.17) is 16.3 Å². The minimum atomic E-state index is -1.54. The molecule has 3 aromatic carbocycles. The molecule has 3 fully saturated rings. The van der Waals surface area contributed by atoms with Crippen LogP contribution in [0.4, 0.5) is 10.1 Å². The second-order valence-electron chi connectivity index (χ2n) is 12.2. The van der Waals surface area contributed by atoms with Crippen LogP contribution >= 0.6 is 27.5 Å². The first-order valence-electron chi connectivity index (χ1n) is 14.7. The summed E-state index contributed by atoms with van der Waals surface area (Å²) in [5, 5.41) is 12.2. The maximum Gasteiger partial charge on any atom is 0.260 e. The van der Waals surface area contributed by atoms with E-state index in [1.165, 1.54) is 38.4 Å². The van der Waals surface area contributed by atoms with Crippen LogP contribution in [-0.4, -0.2) is 52.8 Å². The smallest absolute Gasteiger partial charge is 0.260 e. The van der Waals surface area contributed by atoms with Crippen LogP contribution in [0, 0.1) is 29.5 Å². The van der Waals surface area contributed by atoms with Crippen molar-refractivity contribution in [2.45, 2.75) is 24.2 Å². The largest absolute Gasteiger partial charge is 0.503 e. The predicted octanol–water partition coefficient (Wildman–Crippen LogP) is 5.57. The van der Waals surface area contributed by atoms with Crippen LogP contribution in [0.15, 0.2) is 76.8 Å². The van der Waals surface area contributed by atoms with Crippen LogP contribution in [0.1, 0.15) is 29.9 Å². The fourth-order valence-electron chi connectivity index (χ4n) is 8.10. The molecule has 2 N–H and O–H groups in total. The number of amides is 4. The van der Waals surface area contributed by atoms with Crippen molar-refractivity contribution in [1.29, 1.82) is 0 Å². The predicted molar refractivity (Wildman–Crippen MR) is 169 cm³/mol. The number of nitrogens with zero attached hydrogens (tertiary/aromatic N) is 2. The Hall–Kier alpha value is -4.22. The molecular formula is C34H28BrClFN3O6. The number of hydrazine groups is 1. The first-order chi connectivity index (χ1) is 22.0. The van der Waals surface area contributed by atoms with Crippen LogP contribution in [-0.2, 0) is 24.6 Å². The average molecular weight is 709 g/mol. The monoisotopic (exact) mass is 707 g/mol. The van der Waals surface area contributed by atoms with Gasteiger partial charge in [0, 0.05) is 18.0 Å². The van der Waals surface area contributed by atoms with E-state index >= 15 is 4.79 Å². The third kappa shape index (κ3) is 4.24. The number of aromatic hydroxyl groups is 1. The van der Waals surface area contributed by atoms with Gasteiger partial charge in [0.2, 0.25) is 11.8 Å². The van der Waals surface area contributed by atoms with Crippen LogP contribution in [0.3, 0.4) is 0 Å². The lowest BCUT2D eigenvalue weighted by atomic mass is 9.49. The quantitative estimate of drug-likeness (QED) is 0.263. The molecule has 0 aromatic heterocycles. The number of phenolic OH excluding ortho intramolecular Hbond substituents is 1. The molecule has 12 heteroatoms. The third-order valence-corrected chi connectivity index (χ3v) is 10.9. The molecule has 46 heavy (non-hydrogen) atoms. The minimum absolute atomic E-state index is 0.127. The number of ether oxygens (including phenoxy) is 1. The average Bonchev–Trinajstić information content (AvgIpc) is 3.40. The van der Waals surface area contributed by atoms with E-state index in [-0.39, 0.29) is 29.7 Å². The Kier molecular flexibility index (Phi) is 7.24. The zero-order valence-corrected chi connectivity index (χ0v) is 27.0. The number of benzene rings is 3. The highest BCUT2D eigenvalue weighted by atomic mass is 79.9. The van der Waals surface area contributed by atoms with E-state index in [1.54, 1.807) is 36.4 Å². The maximum atomic E-state index is 15.1. The fourth-order valence-corrected chi connectivity index (χ4v) is 8.69. The van der Waals surface area contributed by atoms with Gasteiger partial charge >= 0.3 is 0 Å². The van der Waals surface area contributed by atoms with Crippen molar-refractivity contribution in [3.05, 3.63) is 98.8 Å². The van der Waals surface area contributed by atoms with E-state index < -0.39 is 52.6 Å².